The highest BCUT2D eigenvalue weighted by molar-refractivity contribution is 7.99. The van der Waals surface area contributed by atoms with Crippen LogP contribution in [0.4, 0.5) is 0 Å². The summed E-state index contributed by atoms with van der Waals surface area (Å²) in [6.45, 7) is 0.174. The van der Waals surface area contributed by atoms with Crippen LogP contribution in [0.25, 0.3) is 0 Å². The van der Waals surface area contributed by atoms with Crippen LogP contribution in [0.3, 0.4) is 0 Å². The Morgan fingerprint density at radius 2 is 2.40 bits per heavy atom. The average molecular weight is 159 g/mol. The van der Waals surface area contributed by atoms with Gasteiger partial charge in [-0.25, -0.2) is 0 Å². The van der Waals surface area contributed by atoms with Crippen molar-refractivity contribution in [2.45, 2.75) is 18.4 Å². The molecule has 2 rings (SSSR count). The van der Waals surface area contributed by atoms with E-state index in [2.05, 4.69) is 0 Å². The standard InChI is InChI=1S/C7H13NOS/c8-7(4-9)3-6(7)1-2-10-5-6/h9H,1-5,8H2. The molecular formula is C7H13NOS. The van der Waals surface area contributed by atoms with Gasteiger partial charge in [0.2, 0.25) is 0 Å². The molecule has 2 fully saturated rings. The second kappa shape index (κ2) is 1.90. The van der Waals surface area contributed by atoms with E-state index in [9.17, 15) is 0 Å². The second-order valence-corrected chi connectivity index (χ2v) is 4.68. The number of rotatable bonds is 1. The summed E-state index contributed by atoms with van der Waals surface area (Å²) in [5.74, 6) is 2.41. The molecular weight excluding hydrogens is 146 g/mol. The lowest BCUT2D eigenvalue weighted by Gasteiger charge is -2.12. The van der Waals surface area contributed by atoms with Crippen molar-refractivity contribution in [3.05, 3.63) is 0 Å². The SMILES string of the molecule is NC1(CO)CC12CCSC2. The van der Waals surface area contributed by atoms with E-state index < -0.39 is 0 Å². The van der Waals surface area contributed by atoms with Gasteiger partial charge < -0.3 is 10.8 Å². The van der Waals surface area contributed by atoms with E-state index in [-0.39, 0.29) is 12.1 Å². The van der Waals surface area contributed by atoms with Crippen LogP contribution in [0.2, 0.25) is 0 Å². The van der Waals surface area contributed by atoms with E-state index in [1.165, 1.54) is 17.9 Å². The van der Waals surface area contributed by atoms with Gasteiger partial charge in [0, 0.05) is 16.7 Å². The molecule has 2 nitrogen and oxygen atoms in total. The summed E-state index contributed by atoms with van der Waals surface area (Å²) in [5.41, 5.74) is 6.06. The summed E-state index contributed by atoms with van der Waals surface area (Å²) in [6, 6.07) is 0. The van der Waals surface area contributed by atoms with Crippen LogP contribution in [0, 0.1) is 5.41 Å². The van der Waals surface area contributed by atoms with Crippen LogP contribution in [0.15, 0.2) is 0 Å². The lowest BCUT2D eigenvalue weighted by atomic mass is 10.0. The van der Waals surface area contributed by atoms with Crippen molar-refractivity contribution in [3.8, 4) is 0 Å². The third kappa shape index (κ3) is 0.684. The molecule has 2 unspecified atom stereocenters. The molecule has 3 heteroatoms. The minimum Gasteiger partial charge on any atom is -0.394 e. The lowest BCUT2D eigenvalue weighted by molar-refractivity contribution is 0.230. The summed E-state index contributed by atoms with van der Waals surface area (Å²) in [4.78, 5) is 0. The minimum absolute atomic E-state index is 0.174. The summed E-state index contributed by atoms with van der Waals surface area (Å²) < 4.78 is 0. The van der Waals surface area contributed by atoms with Gasteiger partial charge in [0.25, 0.3) is 0 Å². The number of aliphatic hydroxyl groups is 1. The Morgan fingerprint density at radius 3 is 2.80 bits per heavy atom. The van der Waals surface area contributed by atoms with Gasteiger partial charge >= 0.3 is 0 Å². The van der Waals surface area contributed by atoms with Crippen LogP contribution in [0.5, 0.6) is 0 Å². The van der Waals surface area contributed by atoms with Crippen molar-refractivity contribution in [3.63, 3.8) is 0 Å². The van der Waals surface area contributed by atoms with Crippen molar-refractivity contribution >= 4 is 11.8 Å². The van der Waals surface area contributed by atoms with Gasteiger partial charge in [-0.05, 0) is 18.6 Å². The Kier molecular flexibility index (Phi) is 1.32. The number of hydrogen-bond donors (Lipinski definition) is 2. The van der Waals surface area contributed by atoms with E-state index in [1.807, 2.05) is 11.8 Å². The van der Waals surface area contributed by atoms with Gasteiger partial charge in [0.15, 0.2) is 0 Å². The summed E-state index contributed by atoms with van der Waals surface area (Å²) in [5, 5.41) is 8.96. The van der Waals surface area contributed by atoms with E-state index in [1.54, 1.807) is 0 Å². The predicted molar refractivity (Wildman–Crippen MR) is 43.0 cm³/mol. The molecule has 3 N–H and O–H groups in total. The molecule has 1 heterocycles. The second-order valence-electron chi connectivity index (χ2n) is 3.57. The topological polar surface area (TPSA) is 46.2 Å². The molecule has 1 saturated heterocycles. The zero-order chi connectivity index (χ0) is 7.24. The molecule has 10 heavy (non-hydrogen) atoms. The summed E-state index contributed by atoms with van der Waals surface area (Å²) >= 11 is 1.97. The largest absolute Gasteiger partial charge is 0.394 e. The summed E-state index contributed by atoms with van der Waals surface area (Å²) in [6.07, 6.45) is 2.26. The summed E-state index contributed by atoms with van der Waals surface area (Å²) in [7, 11) is 0. The maximum absolute atomic E-state index is 8.96. The Labute approximate surface area is 65.2 Å². The average Bonchev–Trinajstić information content (AvgIpc) is 2.28. The normalized spacial score (nSPS) is 52.2. The van der Waals surface area contributed by atoms with E-state index in [0.717, 1.165) is 6.42 Å². The van der Waals surface area contributed by atoms with E-state index >= 15 is 0 Å². The van der Waals surface area contributed by atoms with Crippen molar-refractivity contribution < 1.29 is 5.11 Å². The molecule has 0 aromatic rings. The highest BCUT2D eigenvalue weighted by Gasteiger charge is 2.65. The Hall–Kier alpha value is 0.270. The lowest BCUT2D eigenvalue weighted by Crippen LogP contribution is -2.34. The van der Waals surface area contributed by atoms with Gasteiger partial charge in [-0.1, -0.05) is 0 Å². The Balaban J connectivity index is 2.09. The van der Waals surface area contributed by atoms with Gasteiger partial charge in [-0.2, -0.15) is 11.8 Å². The highest BCUT2D eigenvalue weighted by Crippen LogP contribution is 2.61. The molecule has 0 radical (unpaired) electrons. The molecule has 0 aromatic heterocycles. The smallest absolute Gasteiger partial charge is 0.0617 e. The number of hydrogen-bond acceptors (Lipinski definition) is 3. The molecule has 2 aliphatic rings. The Bertz CT molecular complexity index is 156. The predicted octanol–water partition coefficient (Wildman–Crippen LogP) is 0.203. The Morgan fingerprint density at radius 1 is 1.60 bits per heavy atom. The van der Waals surface area contributed by atoms with Crippen LogP contribution < -0.4 is 5.73 Å². The van der Waals surface area contributed by atoms with Crippen LogP contribution in [-0.2, 0) is 0 Å². The van der Waals surface area contributed by atoms with Gasteiger partial charge in [-0.3, -0.25) is 0 Å². The van der Waals surface area contributed by atoms with E-state index in [4.69, 9.17) is 10.8 Å². The third-order valence-corrected chi connectivity index (χ3v) is 4.22. The number of aliphatic hydroxyl groups excluding tert-OH is 1. The zero-order valence-corrected chi connectivity index (χ0v) is 6.78. The fourth-order valence-electron chi connectivity index (χ4n) is 1.92. The molecule has 0 aromatic carbocycles. The van der Waals surface area contributed by atoms with Crippen LogP contribution in [-0.4, -0.2) is 28.8 Å². The fraction of sp³-hybridized carbons (Fsp3) is 1.00. The van der Waals surface area contributed by atoms with Gasteiger partial charge in [0.05, 0.1) is 6.61 Å². The monoisotopic (exact) mass is 159 g/mol. The minimum atomic E-state index is -0.198. The molecule has 2 atom stereocenters. The highest BCUT2D eigenvalue weighted by atomic mass is 32.2. The quantitative estimate of drug-likeness (QED) is 0.574. The first-order valence-electron chi connectivity index (χ1n) is 3.70. The first-order valence-corrected chi connectivity index (χ1v) is 4.85. The molecule has 58 valence electrons. The zero-order valence-electron chi connectivity index (χ0n) is 5.97. The molecule has 1 saturated carbocycles. The van der Waals surface area contributed by atoms with Gasteiger partial charge in [0.1, 0.15) is 0 Å². The van der Waals surface area contributed by atoms with Crippen molar-refractivity contribution in [2.24, 2.45) is 11.1 Å². The van der Waals surface area contributed by atoms with Crippen molar-refractivity contribution in [1.29, 1.82) is 0 Å². The molecule has 1 aliphatic carbocycles. The molecule has 0 bridgehead atoms. The maximum atomic E-state index is 8.96. The van der Waals surface area contributed by atoms with Crippen molar-refractivity contribution in [1.82, 2.24) is 0 Å². The molecule has 1 spiro atoms. The maximum Gasteiger partial charge on any atom is 0.0617 e. The van der Waals surface area contributed by atoms with Crippen LogP contribution >= 0.6 is 11.8 Å². The fourth-order valence-corrected chi connectivity index (χ4v) is 3.53. The first-order chi connectivity index (χ1) is 4.72. The van der Waals surface area contributed by atoms with Gasteiger partial charge in [-0.15, -0.1) is 0 Å². The van der Waals surface area contributed by atoms with Crippen LogP contribution in [0.1, 0.15) is 12.8 Å². The third-order valence-electron chi connectivity index (χ3n) is 2.97. The first kappa shape index (κ1) is 6.95. The number of nitrogens with two attached hydrogens (primary N) is 1. The molecule has 0 amide bonds. The van der Waals surface area contributed by atoms with E-state index in [0.29, 0.717) is 5.41 Å². The molecule has 1 aliphatic heterocycles. The number of thioether (sulfide) groups is 1. The van der Waals surface area contributed by atoms with Crippen molar-refractivity contribution in [2.75, 3.05) is 18.1 Å².